The van der Waals surface area contributed by atoms with E-state index in [2.05, 4.69) is 30.3 Å². The number of aliphatic hydroxyl groups excluding tert-OH is 1. The summed E-state index contributed by atoms with van der Waals surface area (Å²) >= 11 is 0. The summed E-state index contributed by atoms with van der Waals surface area (Å²) in [7, 11) is 0. The van der Waals surface area contributed by atoms with Gasteiger partial charge in [-0.3, -0.25) is 0 Å². The number of aromatic nitrogens is 1. The molecule has 2 heteroatoms. The fourth-order valence-electron chi connectivity index (χ4n) is 1.82. The molecule has 84 valence electrons. The molecule has 16 heavy (non-hydrogen) atoms. The number of hydrogen-bond donors (Lipinski definition) is 1. The maximum atomic E-state index is 9.13. The first-order chi connectivity index (χ1) is 7.74. The van der Waals surface area contributed by atoms with Gasteiger partial charge in [-0.15, -0.1) is 0 Å². The number of hydrogen-bond acceptors (Lipinski definition) is 1. The van der Waals surface area contributed by atoms with Gasteiger partial charge in [-0.25, -0.2) is 0 Å². The second kappa shape index (κ2) is 4.54. The van der Waals surface area contributed by atoms with Gasteiger partial charge >= 0.3 is 0 Å². The fraction of sp³-hybridized carbons (Fsp3) is 0.286. The highest BCUT2D eigenvalue weighted by molar-refractivity contribution is 5.80. The Morgan fingerprint density at radius 2 is 2.19 bits per heavy atom. The smallest absolute Gasteiger partial charge is 0.0682 e. The van der Waals surface area contributed by atoms with Crippen molar-refractivity contribution in [3.05, 3.63) is 48.2 Å². The summed E-state index contributed by atoms with van der Waals surface area (Å²) in [5.41, 5.74) is 3.34. The van der Waals surface area contributed by atoms with Crippen molar-refractivity contribution >= 4 is 10.9 Å². The first-order valence-corrected chi connectivity index (χ1v) is 5.60. The molecule has 0 radical (unpaired) electrons. The largest absolute Gasteiger partial charge is 0.392 e. The second-order valence-electron chi connectivity index (χ2n) is 4.10. The Labute approximate surface area is 95.8 Å². The minimum absolute atomic E-state index is 0.0931. The van der Waals surface area contributed by atoms with Crippen molar-refractivity contribution in [3.8, 4) is 0 Å². The zero-order chi connectivity index (χ0) is 11.5. The minimum atomic E-state index is 0.0931. The molecular weight excluding hydrogens is 198 g/mol. The van der Waals surface area contributed by atoms with Gasteiger partial charge in [0.15, 0.2) is 0 Å². The molecule has 0 aliphatic carbocycles. The summed E-state index contributed by atoms with van der Waals surface area (Å²) in [6.07, 6.45) is 3.08. The van der Waals surface area contributed by atoms with E-state index in [1.54, 1.807) is 0 Å². The Morgan fingerprint density at radius 1 is 1.38 bits per heavy atom. The van der Waals surface area contributed by atoms with Crippen LogP contribution in [0.1, 0.15) is 18.9 Å². The molecule has 1 heterocycles. The van der Waals surface area contributed by atoms with Crippen LogP contribution in [0.5, 0.6) is 0 Å². The molecule has 0 fully saturated rings. The van der Waals surface area contributed by atoms with E-state index in [1.807, 2.05) is 18.2 Å². The van der Waals surface area contributed by atoms with Gasteiger partial charge in [-0.1, -0.05) is 31.2 Å². The van der Waals surface area contributed by atoms with Crippen LogP contribution in [0, 0.1) is 0 Å². The molecule has 1 aromatic carbocycles. The first kappa shape index (κ1) is 11.0. The van der Waals surface area contributed by atoms with Gasteiger partial charge < -0.3 is 9.67 Å². The Morgan fingerprint density at radius 3 is 2.88 bits per heavy atom. The van der Waals surface area contributed by atoms with E-state index in [0.717, 1.165) is 18.5 Å². The van der Waals surface area contributed by atoms with Crippen LogP contribution in [-0.4, -0.2) is 9.67 Å². The molecule has 2 nitrogen and oxygen atoms in total. The normalized spacial score (nSPS) is 10.9. The second-order valence-corrected chi connectivity index (χ2v) is 4.10. The lowest BCUT2D eigenvalue weighted by Gasteiger charge is -2.07. The molecular formula is C14H17NO. The van der Waals surface area contributed by atoms with Crippen molar-refractivity contribution in [2.24, 2.45) is 0 Å². The maximum absolute atomic E-state index is 9.13. The predicted molar refractivity (Wildman–Crippen MR) is 67.3 cm³/mol. The molecule has 2 rings (SSSR count). The Kier molecular flexibility index (Phi) is 3.11. The van der Waals surface area contributed by atoms with Crippen LogP contribution in [0.3, 0.4) is 0 Å². The lowest BCUT2D eigenvalue weighted by Crippen LogP contribution is -1.98. The maximum Gasteiger partial charge on any atom is 0.0682 e. The van der Waals surface area contributed by atoms with Crippen LogP contribution in [0.4, 0.5) is 0 Å². The number of allylic oxidation sites excluding steroid dienone is 1. The summed E-state index contributed by atoms with van der Waals surface area (Å²) in [6, 6.07) is 8.14. The summed E-state index contributed by atoms with van der Waals surface area (Å²) in [4.78, 5) is 0. The third kappa shape index (κ3) is 2.02. The Hall–Kier alpha value is -1.54. The highest BCUT2D eigenvalue weighted by Crippen LogP contribution is 2.19. The molecule has 0 aliphatic heterocycles. The molecule has 0 unspecified atom stereocenters. The Balaban J connectivity index is 2.41. The topological polar surface area (TPSA) is 25.2 Å². The van der Waals surface area contributed by atoms with Crippen molar-refractivity contribution in [1.82, 2.24) is 4.57 Å². The van der Waals surface area contributed by atoms with Gasteiger partial charge in [-0.05, 0) is 29.5 Å². The van der Waals surface area contributed by atoms with Gasteiger partial charge in [0, 0.05) is 18.3 Å². The zero-order valence-electron chi connectivity index (χ0n) is 9.61. The van der Waals surface area contributed by atoms with E-state index < -0.39 is 0 Å². The van der Waals surface area contributed by atoms with Gasteiger partial charge in [0.2, 0.25) is 0 Å². The molecule has 1 N–H and O–H groups in total. The van der Waals surface area contributed by atoms with E-state index in [-0.39, 0.29) is 6.61 Å². The van der Waals surface area contributed by atoms with Crippen molar-refractivity contribution in [3.63, 3.8) is 0 Å². The fourth-order valence-corrected chi connectivity index (χ4v) is 1.82. The van der Waals surface area contributed by atoms with Crippen molar-refractivity contribution in [2.45, 2.75) is 26.5 Å². The van der Waals surface area contributed by atoms with Crippen LogP contribution >= 0.6 is 0 Å². The highest BCUT2D eigenvalue weighted by Gasteiger charge is 2.02. The lowest BCUT2D eigenvalue weighted by atomic mass is 10.1. The standard InChI is InChI=1S/C14H17NO/c1-3-11(2)9-15-7-6-13-5-4-12(10-16)8-14(13)15/h4-8,16H,2-3,9-10H2,1H3. The van der Waals surface area contributed by atoms with E-state index in [1.165, 1.54) is 16.5 Å². The Bertz CT molecular complexity index is 510. The number of fused-ring (bicyclic) bond motifs is 1. The molecule has 0 spiro atoms. The van der Waals surface area contributed by atoms with Crippen molar-refractivity contribution in [2.75, 3.05) is 0 Å². The molecule has 2 aromatic rings. The molecule has 0 amide bonds. The minimum Gasteiger partial charge on any atom is -0.392 e. The quantitative estimate of drug-likeness (QED) is 0.779. The monoisotopic (exact) mass is 215 g/mol. The number of benzene rings is 1. The van der Waals surface area contributed by atoms with E-state index in [4.69, 9.17) is 5.11 Å². The number of rotatable bonds is 4. The SMILES string of the molecule is C=C(CC)Cn1ccc2ccc(CO)cc21. The summed E-state index contributed by atoms with van der Waals surface area (Å²) < 4.78 is 2.18. The lowest BCUT2D eigenvalue weighted by molar-refractivity contribution is 0.282. The van der Waals surface area contributed by atoms with Gasteiger partial charge in [-0.2, -0.15) is 0 Å². The average molecular weight is 215 g/mol. The number of nitrogens with zero attached hydrogens (tertiary/aromatic N) is 1. The summed E-state index contributed by atoms with van der Waals surface area (Å²) in [6.45, 7) is 7.09. The third-order valence-electron chi connectivity index (χ3n) is 2.91. The van der Waals surface area contributed by atoms with Crippen molar-refractivity contribution in [1.29, 1.82) is 0 Å². The molecule has 0 bridgehead atoms. The van der Waals surface area contributed by atoms with Crippen LogP contribution in [-0.2, 0) is 13.2 Å². The summed E-state index contributed by atoms with van der Waals surface area (Å²) in [5, 5.41) is 10.3. The first-order valence-electron chi connectivity index (χ1n) is 5.60. The molecule has 0 atom stereocenters. The van der Waals surface area contributed by atoms with Gasteiger partial charge in [0.25, 0.3) is 0 Å². The van der Waals surface area contributed by atoms with Gasteiger partial charge in [0.1, 0.15) is 0 Å². The summed E-state index contributed by atoms with van der Waals surface area (Å²) in [5.74, 6) is 0. The molecule has 0 aliphatic rings. The predicted octanol–water partition coefficient (Wildman–Crippen LogP) is 3.10. The van der Waals surface area contributed by atoms with E-state index in [0.29, 0.717) is 0 Å². The van der Waals surface area contributed by atoms with Crippen LogP contribution in [0.25, 0.3) is 10.9 Å². The number of aliphatic hydroxyl groups is 1. The van der Waals surface area contributed by atoms with Crippen LogP contribution in [0.15, 0.2) is 42.6 Å². The average Bonchev–Trinajstić information content (AvgIpc) is 2.71. The zero-order valence-corrected chi connectivity index (χ0v) is 9.61. The molecule has 0 saturated carbocycles. The molecule has 1 aromatic heterocycles. The van der Waals surface area contributed by atoms with Crippen LogP contribution in [0.2, 0.25) is 0 Å². The molecule has 0 saturated heterocycles. The van der Waals surface area contributed by atoms with Crippen molar-refractivity contribution < 1.29 is 5.11 Å². The van der Waals surface area contributed by atoms with E-state index in [9.17, 15) is 0 Å². The van der Waals surface area contributed by atoms with Gasteiger partial charge in [0.05, 0.1) is 6.61 Å². The van der Waals surface area contributed by atoms with Crippen LogP contribution < -0.4 is 0 Å². The highest BCUT2D eigenvalue weighted by atomic mass is 16.3. The third-order valence-corrected chi connectivity index (χ3v) is 2.91. The van der Waals surface area contributed by atoms with E-state index >= 15 is 0 Å².